The molecule has 1 aromatic rings. The number of hydrogen-bond donors (Lipinski definition) is 1. The molecule has 1 heterocycles. The lowest BCUT2D eigenvalue weighted by molar-refractivity contribution is -0.144. The Morgan fingerprint density at radius 1 is 1.15 bits per heavy atom. The molecule has 0 aromatic heterocycles. The molecule has 1 saturated heterocycles. The Morgan fingerprint density at radius 2 is 1.81 bits per heavy atom. The molecular weight excluding hydrogens is 354 g/mol. The summed E-state index contributed by atoms with van der Waals surface area (Å²) in [5.74, 6) is -3.02. The zero-order chi connectivity index (χ0) is 19.4. The number of rotatable bonds is 5. The molecule has 2 amide bonds. The third-order valence-electron chi connectivity index (χ3n) is 5.54. The van der Waals surface area contributed by atoms with Crippen LogP contribution >= 0.6 is 0 Å². The molecule has 0 spiro atoms. The number of alkyl halides is 2. The van der Waals surface area contributed by atoms with Gasteiger partial charge in [0.25, 0.3) is 0 Å². The fourth-order valence-corrected chi connectivity index (χ4v) is 4.04. The van der Waals surface area contributed by atoms with Gasteiger partial charge in [-0.05, 0) is 25.0 Å². The van der Waals surface area contributed by atoms with Crippen LogP contribution < -0.4 is 10.5 Å². The van der Waals surface area contributed by atoms with Gasteiger partial charge < -0.3 is 15.4 Å². The highest BCUT2D eigenvalue weighted by molar-refractivity contribution is 5.79. The van der Waals surface area contributed by atoms with E-state index in [0.29, 0.717) is 25.3 Å². The minimum absolute atomic E-state index is 0.0851. The number of carbonyl (C=O) groups is 2. The Balaban J connectivity index is 1.63. The summed E-state index contributed by atoms with van der Waals surface area (Å²) in [5.41, 5.74) is 5.39. The van der Waals surface area contributed by atoms with Gasteiger partial charge in [0.2, 0.25) is 17.7 Å². The minimum atomic E-state index is -2.65. The standard InChI is InChI=1S/C20H26F2N2O3/c21-20(22)9-6-14(7-10-20)19(26)24-11-8-17(15(13-24)12-18(23)25)27-16-4-2-1-3-5-16/h1-5,14-15,17H,6-13H2,(H2,23,25)/t15-,17-/m0/s1. The molecular formula is C20H26F2N2O3. The van der Waals surface area contributed by atoms with Gasteiger partial charge in [0.15, 0.2) is 0 Å². The van der Waals surface area contributed by atoms with Crippen LogP contribution in [0.2, 0.25) is 0 Å². The lowest BCUT2D eigenvalue weighted by Gasteiger charge is -2.40. The van der Waals surface area contributed by atoms with E-state index < -0.39 is 11.8 Å². The first kappa shape index (κ1) is 19.6. The van der Waals surface area contributed by atoms with E-state index in [9.17, 15) is 18.4 Å². The number of nitrogens with zero attached hydrogens (tertiary/aromatic N) is 1. The molecule has 1 saturated carbocycles. The summed E-state index contributed by atoms with van der Waals surface area (Å²) in [7, 11) is 0. The average Bonchev–Trinajstić information content (AvgIpc) is 2.63. The van der Waals surface area contributed by atoms with Crippen molar-refractivity contribution in [2.24, 2.45) is 17.6 Å². The summed E-state index contributed by atoms with van der Waals surface area (Å²) in [6, 6.07) is 9.33. The maximum Gasteiger partial charge on any atom is 0.248 e. The number of hydrogen-bond acceptors (Lipinski definition) is 3. The van der Waals surface area contributed by atoms with E-state index >= 15 is 0 Å². The summed E-state index contributed by atoms with van der Waals surface area (Å²) in [5, 5.41) is 0. The fraction of sp³-hybridized carbons (Fsp3) is 0.600. The summed E-state index contributed by atoms with van der Waals surface area (Å²) in [6.07, 6.45) is 0.466. The molecule has 1 aromatic carbocycles. The van der Waals surface area contributed by atoms with Crippen LogP contribution in [-0.4, -0.2) is 41.8 Å². The second-order valence-corrected chi connectivity index (χ2v) is 7.60. The average molecular weight is 380 g/mol. The van der Waals surface area contributed by atoms with Crippen LogP contribution in [0.15, 0.2) is 30.3 Å². The van der Waals surface area contributed by atoms with Crippen molar-refractivity contribution in [2.45, 2.75) is 50.6 Å². The van der Waals surface area contributed by atoms with Crippen molar-refractivity contribution >= 4 is 11.8 Å². The Hall–Kier alpha value is -2.18. The van der Waals surface area contributed by atoms with E-state index in [0.717, 1.165) is 0 Å². The highest BCUT2D eigenvalue weighted by Gasteiger charge is 2.41. The van der Waals surface area contributed by atoms with E-state index in [1.54, 1.807) is 4.90 Å². The summed E-state index contributed by atoms with van der Waals surface area (Å²) >= 11 is 0. The van der Waals surface area contributed by atoms with Crippen molar-refractivity contribution in [1.29, 1.82) is 0 Å². The highest BCUT2D eigenvalue weighted by Crippen LogP contribution is 2.37. The van der Waals surface area contributed by atoms with Gasteiger partial charge in [-0.3, -0.25) is 9.59 Å². The van der Waals surface area contributed by atoms with Crippen LogP contribution in [0.25, 0.3) is 0 Å². The molecule has 5 nitrogen and oxygen atoms in total. The number of primary amides is 1. The van der Waals surface area contributed by atoms with Crippen molar-refractivity contribution in [1.82, 2.24) is 4.90 Å². The number of ether oxygens (including phenoxy) is 1. The van der Waals surface area contributed by atoms with Crippen molar-refractivity contribution in [2.75, 3.05) is 13.1 Å². The summed E-state index contributed by atoms with van der Waals surface area (Å²) in [6.45, 7) is 0.866. The Kier molecular flexibility index (Phi) is 5.97. The smallest absolute Gasteiger partial charge is 0.248 e. The largest absolute Gasteiger partial charge is 0.490 e. The lowest BCUT2D eigenvalue weighted by Crippen LogP contribution is -2.51. The van der Waals surface area contributed by atoms with E-state index in [1.165, 1.54) is 0 Å². The maximum atomic E-state index is 13.4. The molecule has 2 fully saturated rings. The zero-order valence-corrected chi connectivity index (χ0v) is 15.3. The molecule has 0 bridgehead atoms. The summed E-state index contributed by atoms with van der Waals surface area (Å²) in [4.78, 5) is 26.0. The Labute approximate surface area is 157 Å². The number of para-hydroxylation sites is 1. The van der Waals surface area contributed by atoms with Gasteiger partial charge in [-0.25, -0.2) is 8.78 Å². The normalized spacial score (nSPS) is 25.8. The van der Waals surface area contributed by atoms with Gasteiger partial charge >= 0.3 is 0 Å². The van der Waals surface area contributed by atoms with Gasteiger partial charge in [-0.15, -0.1) is 0 Å². The molecule has 7 heteroatoms. The second-order valence-electron chi connectivity index (χ2n) is 7.60. The van der Waals surface area contributed by atoms with Crippen LogP contribution in [0.3, 0.4) is 0 Å². The van der Waals surface area contributed by atoms with Crippen LogP contribution in [0.1, 0.15) is 38.5 Å². The second kappa shape index (κ2) is 8.23. The first-order valence-electron chi connectivity index (χ1n) is 9.51. The van der Waals surface area contributed by atoms with Crippen molar-refractivity contribution in [3.05, 3.63) is 30.3 Å². The molecule has 1 aliphatic heterocycles. The SMILES string of the molecule is NC(=O)C[C@H]1CN(C(=O)C2CCC(F)(F)CC2)CC[C@@H]1Oc1ccccc1. The number of benzene rings is 1. The maximum absolute atomic E-state index is 13.4. The number of piperidine rings is 1. The van der Waals surface area contributed by atoms with Gasteiger partial charge in [0.1, 0.15) is 11.9 Å². The topological polar surface area (TPSA) is 72.6 Å². The monoisotopic (exact) mass is 380 g/mol. The minimum Gasteiger partial charge on any atom is -0.490 e. The molecule has 27 heavy (non-hydrogen) atoms. The molecule has 2 N–H and O–H groups in total. The van der Waals surface area contributed by atoms with Crippen molar-refractivity contribution in [3.63, 3.8) is 0 Å². The molecule has 2 atom stereocenters. The zero-order valence-electron chi connectivity index (χ0n) is 15.3. The van der Waals surface area contributed by atoms with Gasteiger partial charge in [-0.2, -0.15) is 0 Å². The molecule has 148 valence electrons. The fourth-order valence-electron chi connectivity index (χ4n) is 4.04. The number of nitrogens with two attached hydrogens (primary N) is 1. The first-order chi connectivity index (χ1) is 12.8. The van der Waals surface area contributed by atoms with Gasteiger partial charge in [0, 0.05) is 50.6 Å². The van der Waals surface area contributed by atoms with Gasteiger partial charge in [-0.1, -0.05) is 18.2 Å². The Morgan fingerprint density at radius 3 is 2.44 bits per heavy atom. The molecule has 2 aliphatic rings. The molecule has 3 rings (SSSR count). The van der Waals surface area contributed by atoms with Gasteiger partial charge in [0.05, 0.1) is 0 Å². The predicted octanol–water partition coefficient (Wildman–Crippen LogP) is 2.98. The number of likely N-dealkylation sites (tertiary alicyclic amines) is 1. The van der Waals surface area contributed by atoms with E-state index in [2.05, 4.69) is 0 Å². The quantitative estimate of drug-likeness (QED) is 0.854. The third-order valence-corrected chi connectivity index (χ3v) is 5.54. The van der Waals surface area contributed by atoms with Crippen LogP contribution in [-0.2, 0) is 9.59 Å². The Bertz CT molecular complexity index is 658. The third kappa shape index (κ3) is 5.17. The molecule has 0 radical (unpaired) electrons. The molecule has 0 unspecified atom stereocenters. The van der Waals surface area contributed by atoms with Crippen LogP contribution in [0.4, 0.5) is 8.78 Å². The van der Waals surface area contributed by atoms with E-state index in [4.69, 9.17) is 10.5 Å². The van der Waals surface area contributed by atoms with Crippen LogP contribution in [0.5, 0.6) is 5.75 Å². The first-order valence-corrected chi connectivity index (χ1v) is 9.51. The predicted molar refractivity (Wildman–Crippen MR) is 96.3 cm³/mol. The number of amides is 2. The van der Waals surface area contributed by atoms with Crippen molar-refractivity contribution in [3.8, 4) is 5.75 Å². The van der Waals surface area contributed by atoms with E-state index in [1.807, 2.05) is 30.3 Å². The van der Waals surface area contributed by atoms with E-state index in [-0.39, 0.29) is 56.0 Å². The van der Waals surface area contributed by atoms with Crippen LogP contribution in [0, 0.1) is 11.8 Å². The number of halogens is 2. The van der Waals surface area contributed by atoms with Crippen molar-refractivity contribution < 1.29 is 23.1 Å². The number of carbonyl (C=O) groups excluding carboxylic acids is 2. The molecule has 1 aliphatic carbocycles. The lowest BCUT2D eigenvalue weighted by atomic mass is 9.84. The summed E-state index contributed by atoms with van der Waals surface area (Å²) < 4.78 is 32.7. The highest BCUT2D eigenvalue weighted by atomic mass is 19.3.